The molecule has 0 aliphatic heterocycles. The van der Waals surface area contributed by atoms with Gasteiger partial charge in [0.25, 0.3) is 0 Å². The number of para-hydroxylation sites is 2. The molecule has 0 spiro atoms. The summed E-state index contributed by atoms with van der Waals surface area (Å²) >= 11 is 0. The minimum Gasteiger partial charge on any atom is -0.256 e. The normalized spacial score (nSPS) is 10.3. The Labute approximate surface area is 130 Å². The molecule has 2 aromatic carbocycles. The van der Waals surface area contributed by atoms with Crippen LogP contribution in [0.15, 0.2) is 73.1 Å². The fourth-order valence-electron chi connectivity index (χ4n) is 2.42. The van der Waals surface area contributed by atoms with E-state index in [1.807, 2.05) is 54.9 Å². The third-order valence-corrected chi connectivity index (χ3v) is 3.59. The van der Waals surface area contributed by atoms with Crippen molar-refractivity contribution in [3.63, 3.8) is 0 Å². The maximum Gasteiger partial charge on any atom is 0.0704 e. The summed E-state index contributed by atoms with van der Waals surface area (Å²) < 4.78 is 0. The van der Waals surface area contributed by atoms with Gasteiger partial charge in [-0.3, -0.25) is 9.97 Å². The maximum atomic E-state index is 4.28. The van der Waals surface area contributed by atoms with Crippen LogP contribution in [-0.4, -0.2) is 9.97 Å². The van der Waals surface area contributed by atoms with Gasteiger partial charge >= 0.3 is 0 Å². The van der Waals surface area contributed by atoms with Crippen molar-refractivity contribution in [2.24, 2.45) is 0 Å². The lowest BCUT2D eigenvalue weighted by molar-refractivity contribution is 1.33. The first-order chi connectivity index (χ1) is 10.7. The van der Waals surface area contributed by atoms with E-state index >= 15 is 0 Å². The molecule has 0 saturated heterocycles. The van der Waals surface area contributed by atoms with Gasteiger partial charge in [0, 0.05) is 23.2 Å². The number of pyridine rings is 2. The highest BCUT2D eigenvalue weighted by Crippen LogP contribution is 2.14. The van der Waals surface area contributed by atoms with E-state index in [-0.39, 0.29) is 0 Å². The van der Waals surface area contributed by atoms with Gasteiger partial charge in [-0.15, -0.1) is 0 Å². The van der Waals surface area contributed by atoms with Crippen LogP contribution in [0.4, 0.5) is 0 Å². The fraction of sp³-hybridized carbons (Fsp3) is 0.100. The van der Waals surface area contributed by atoms with E-state index in [0.29, 0.717) is 0 Å². The van der Waals surface area contributed by atoms with Crippen LogP contribution in [0.25, 0.3) is 21.8 Å². The molecular weight excluding hydrogens is 268 g/mol. The average molecular weight is 286 g/mol. The molecule has 0 amide bonds. The number of rotatable bonds is 0. The molecule has 0 atom stereocenters. The molecule has 0 aliphatic carbocycles. The van der Waals surface area contributed by atoms with Crippen molar-refractivity contribution in [1.29, 1.82) is 0 Å². The van der Waals surface area contributed by atoms with Gasteiger partial charge < -0.3 is 0 Å². The lowest BCUT2D eigenvalue weighted by Crippen LogP contribution is -1.79. The highest BCUT2D eigenvalue weighted by Gasteiger charge is 1.93. The van der Waals surface area contributed by atoms with Crippen LogP contribution in [0.1, 0.15) is 11.1 Å². The van der Waals surface area contributed by atoms with Crippen LogP contribution in [0.2, 0.25) is 0 Å². The molecule has 2 aromatic heterocycles. The summed E-state index contributed by atoms with van der Waals surface area (Å²) in [4.78, 5) is 8.52. The summed E-state index contributed by atoms with van der Waals surface area (Å²) in [6.07, 6.45) is 3.74. The minimum atomic E-state index is 1.07. The van der Waals surface area contributed by atoms with E-state index in [2.05, 4.69) is 42.0 Å². The first-order valence-electron chi connectivity index (χ1n) is 7.36. The zero-order valence-corrected chi connectivity index (χ0v) is 12.8. The highest BCUT2D eigenvalue weighted by molar-refractivity contribution is 5.81. The maximum absolute atomic E-state index is 4.28. The molecule has 0 bridgehead atoms. The van der Waals surface area contributed by atoms with Crippen LogP contribution < -0.4 is 0 Å². The number of fused-ring (bicyclic) bond motifs is 2. The van der Waals surface area contributed by atoms with Crippen LogP contribution in [-0.2, 0) is 0 Å². The van der Waals surface area contributed by atoms with E-state index in [1.165, 1.54) is 21.9 Å². The molecule has 108 valence electrons. The zero-order valence-electron chi connectivity index (χ0n) is 12.8. The number of aryl methyl sites for hydroxylation is 2. The van der Waals surface area contributed by atoms with Gasteiger partial charge in [-0.05, 0) is 49.2 Å². The lowest BCUT2D eigenvalue weighted by Gasteiger charge is -1.97. The molecule has 2 nitrogen and oxygen atoms in total. The summed E-state index contributed by atoms with van der Waals surface area (Å²) in [6, 6.07) is 20.5. The van der Waals surface area contributed by atoms with Gasteiger partial charge in [0.1, 0.15) is 0 Å². The molecule has 0 fully saturated rings. The van der Waals surface area contributed by atoms with Crippen LogP contribution in [0.5, 0.6) is 0 Å². The molecule has 0 saturated carbocycles. The van der Waals surface area contributed by atoms with Crippen LogP contribution in [0.3, 0.4) is 0 Å². The van der Waals surface area contributed by atoms with Gasteiger partial charge in [-0.1, -0.05) is 36.4 Å². The minimum absolute atomic E-state index is 1.07. The monoisotopic (exact) mass is 286 g/mol. The quantitative estimate of drug-likeness (QED) is 0.450. The number of aromatic nitrogens is 2. The Hall–Kier alpha value is -2.74. The van der Waals surface area contributed by atoms with Gasteiger partial charge in [-0.25, -0.2) is 0 Å². The van der Waals surface area contributed by atoms with E-state index in [4.69, 9.17) is 0 Å². The molecule has 2 heteroatoms. The SMILES string of the molecule is Cc1ccnc2ccccc12.Cc1cnc2ccccc2c1. The van der Waals surface area contributed by atoms with Crippen LogP contribution >= 0.6 is 0 Å². The van der Waals surface area contributed by atoms with Crippen molar-refractivity contribution >= 4 is 21.8 Å². The Bertz CT molecular complexity index is 902. The summed E-state index contributed by atoms with van der Waals surface area (Å²) in [5, 5.41) is 2.46. The summed E-state index contributed by atoms with van der Waals surface area (Å²) in [5.74, 6) is 0. The molecule has 4 rings (SSSR count). The van der Waals surface area contributed by atoms with Crippen molar-refractivity contribution in [1.82, 2.24) is 9.97 Å². The van der Waals surface area contributed by atoms with Crippen molar-refractivity contribution in [3.05, 3.63) is 84.2 Å². The van der Waals surface area contributed by atoms with Crippen molar-refractivity contribution < 1.29 is 0 Å². The summed E-state index contributed by atoms with van der Waals surface area (Å²) in [6.45, 7) is 4.16. The second kappa shape index (κ2) is 6.35. The molecular formula is C20H18N2. The standard InChI is InChI=1S/2C10H9N/c1-8-6-9-4-2-3-5-10(9)11-7-8;1-8-6-7-11-10-5-3-2-4-9(8)10/h2*2-7H,1H3. The third-order valence-electron chi connectivity index (χ3n) is 3.59. The van der Waals surface area contributed by atoms with Crippen molar-refractivity contribution in [2.45, 2.75) is 13.8 Å². The Kier molecular flexibility index (Phi) is 4.10. The predicted octanol–water partition coefficient (Wildman–Crippen LogP) is 5.09. The van der Waals surface area contributed by atoms with E-state index in [1.54, 1.807) is 0 Å². The Morgan fingerprint density at radius 2 is 1.45 bits per heavy atom. The first kappa shape index (κ1) is 14.2. The van der Waals surface area contributed by atoms with Crippen LogP contribution in [0, 0.1) is 13.8 Å². The Balaban J connectivity index is 0.000000131. The Morgan fingerprint density at radius 3 is 2.27 bits per heavy atom. The molecule has 22 heavy (non-hydrogen) atoms. The predicted molar refractivity (Wildman–Crippen MR) is 93.0 cm³/mol. The second-order valence-electron chi connectivity index (χ2n) is 5.35. The van der Waals surface area contributed by atoms with E-state index < -0.39 is 0 Å². The number of benzene rings is 2. The van der Waals surface area contributed by atoms with E-state index in [0.717, 1.165) is 11.0 Å². The lowest BCUT2D eigenvalue weighted by atomic mass is 10.1. The van der Waals surface area contributed by atoms with Gasteiger partial charge in [0.15, 0.2) is 0 Å². The number of hydrogen-bond acceptors (Lipinski definition) is 2. The fourth-order valence-corrected chi connectivity index (χ4v) is 2.42. The smallest absolute Gasteiger partial charge is 0.0704 e. The molecule has 4 aromatic rings. The van der Waals surface area contributed by atoms with Crippen molar-refractivity contribution in [3.8, 4) is 0 Å². The summed E-state index contributed by atoms with van der Waals surface area (Å²) in [5.41, 5.74) is 4.64. The molecule has 0 radical (unpaired) electrons. The van der Waals surface area contributed by atoms with Crippen molar-refractivity contribution in [2.75, 3.05) is 0 Å². The molecule has 2 heterocycles. The molecule has 0 aliphatic rings. The molecule has 0 unspecified atom stereocenters. The first-order valence-corrected chi connectivity index (χ1v) is 7.36. The highest BCUT2D eigenvalue weighted by atomic mass is 14.6. The topological polar surface area (TPSA) is 25.8 Å². The third kappa shape index (κ3) is 3.12. The van der Waals surface area contributed by atoms with Gasteiger partial charge in [0.05, 0.1) is 11.0 Å². The van der Waals surface area contributed by atoms with Gasteiger partial charge in [0.2, 0.25) is 0 Å². The average Bonchev–Trinajstić information content (AvgIpc) is 2.56. The van der Waals surface area contributed by atoms with E-state index in [9.17, 15) is 0 Å². The Morgan fingerprint density at radius 1 is 0.727 bits per heavy atom. The number of nitrogens with zero attached hydrogens (tertiary/aromatic N) is 2. The molecule has 0 N–H and O–H groups in total. The largest absolute Gasteiger partial charge is 0.256 e. The number of hydrogen-bond donors (Lipinski definition) is 0. The van der Waals surface area contributed by atoms with Gasteiger partial charge in [-0.2, -0.15) is 0 Å². The summed E-state index contributed by atoms with van der Waals surface area (Å²) in [7, 11) is 0. The second-order valence-corrected chi connectivity index (χ2v) is 5.35. The zero-order chi connectivity index (χ0) is 15.4.